The molecule has 1 aromatic carbocycles. The molecule has 1 saturated heterocycles. The number of halogens is 2. The number of hydrogen-bond acceptors (Lipinski definition) is 3. The van der Waals surface area contributed by atoms with Crippen molar-refractivity contribution in [2.45, 2.75) is 18.6 Å². The Hall–Kier alpha value is -0.820. The minimum atomic E-state index is -3.50. The van der Waals surface area contributed by atoms with Crippen LogP contribution in [0.25, 0.3) is 0 Å². The van der Waals surface area contributed by atoms with Crippen LogP contribution in [0.15, 0.2) is 18.2 Å². The molecule has 0 aromatic heterocycles. The summed E-state index contributed by atoms with van der Waals surface area (Å²) in [5.74, 6) is -1.52. The van der Waals surface area contributed by atoms with E-state index >= 15 is 0 Å². The highest BCUT2D eigenvalue weighted by Gasteiger charge is 2.31. The molecule has 0 aliphatic carbocycles. The lowest BCUT2D eigenvalue weighted by molar-refractivity contribution is -0.142. The fraction of sp³-hybridized carbons (Fsp3) is 0.462. The van der Waals surface area contributed by atoms with Crippen LogP contribution in [0.3, 0.4) is 0 Å². The molecule has 1 aromatic rings. The van der Waals surface area contributed by atoms with Crippen molar-refractivity contribution in [1.82, 2.24) is 4.31 Å². The van der Waals surface area contributed by atoms with E-state index in [1.165, 1.54) is 10.4 Å². The van der Waals surface area contributed by atoms with E-state index in [1.54, 1.807) is 12.1 Å². The zero-order chi connectivity index (χ0) is 15.6. The molecule has 1 N–H and O–H groups in total. The van der Waals surface area contributed by atoms with E-state index in [-0.39, 0.29) is 18.8 Å². The van der Waals surface area contributed by atoms with Gasteiger partial charge in [0.2, 0.25) is 10.0 Å². The van der Waals surface area contributed by atoms with Crippen molar-refractivity contribution >= 4 is 39.2 Å². The summed E-state index contributed by atoms with van der Waals surface area (Å²) in [4.78, 5) is 10.9. The average molecular weight is 352 g/mol. The number of rotatable bonds is 4. The quantitative estimate of drug-likeness (QED) is 0.904. The highest BCUT2D eigenvalue weighted by molar-refractivity contribution is 7.88. The van der Waals surface area contributed by atoms with Crippen molar-refractivity contribution < 1.29 is 18.3 Å². The molecule has 21 heavy (non-hydrogen) atoms. The molecule has 0 bridgehead atoms. The lowest BCUT2D eigenvalue weighted by Crippen LogP contribution is -2.40. The van der Waals surface area contributed by atoms with Gasteiger partial charge in [-0.25, -0.2) is 12.7 Å². The van der Waals surface area contributed by atoms with Gasteiger partial charge in [0.05, 0.1) is 11.7 Å². The fourth-order valence-corrected chi connectivity index (χ4v) is 4.49. The number of carbonyl (C=O) groups is 1. The monoisotopic (exact) mass is 351 g/mol. The van der Waals surface area contributed by atoms with Gasteiger partial charge in [0.1, 0.15) is 0 Å². The third kappa shape index (κ3) is 4.32. The molecule has 0 spiro atoms. The van der Waals surface area contributed by atoms with Crippen LogP contribution in [0.5, 0.6) is 0 Å². The maximum atomic E-state index is 12.3. The minimum Gasteiger partial charge on any atom is -0.481 e. The Labute approximate surface area is 133 Å². The van der Waals surface area contributed by atoms with Crippen LogP contribution >= 0.6 is 23.2 Å². The molecule has 1 fully saturated rings. The summed E-state index contributed by atoms with van der Waals surface area (Å²) in [6.45, 7) is 0.460. The molecule has 0 unspecified atom stereocenters. The number of carboxylic acid groups (broad SMARTS) is 1. The first-order valence-electron chi connectivity index (χ1n) is 6.43. The van der Waals surface area contributed by atoms with Gasteiger partial charge in [-0.2, -0.15) is 0 Å². The van der Waals surface area contributed by atoms with Crippen molar-refractivity contribution in [3.8, 4) is 0 Å². The van der Waals surface area contributed by atoms with E-state index in [4.69, 9.17) is 28.3 Å². The summed E-state index contributed by atoms with van der Waals surface area (Å²) in [5, 5.41) is 9.70. The fourth-order valence-electron chi connectivity index (χ4n) is 2.38. The lowest BCUT2D eigenvalue weighted by Gasteiger charge is -2.29. The Kier molecular flexibility index (Phi) is 5.14. The molecule has 0 amide bonds. The number of nitrogens with zero attached hydrogens (tertiary/aromatic N) is 1. The number of sulfonamides is 1. The summed E-state index contributed by atoms with van der Waals surface area (Å²) in [5.41, 5.74) is 0.521. The molecule has 2 rings (SSSR count). The number of hydrogen-bond donors (Lipinski definition) is 1. The van der Waals surface area contributed by atoms with Crippen molar-refractivity contribution in [2.75, 3.05) is 13.1 Å². The highest BCUT2D eigenvalue weighted by atomic mass is 35.5. The molecule has 116 valence electrons. The third-order valence-corrected chi connectivity index (χ3v) is 5.75. The molecule has 5 nitrogen and oxygen atoms in total. The normalized spacial score (nSPS) is 17.8. The molecule has 1 aliphatic heterocycles. The Morgan fingerprint density at radius 1 is 1.19 bits per heavy atom. The van der Waals surface area contributed by atoms with E-state index in [2.05, 4.69) is 0 Å². The van der Waals surface area contributed by atoms with Gasteiger partial charge in [0, 0.05) is 23.1 Å². The van der Waals surface area contributed by atoms with Crippen LogP contribution in [0.4, 0.5) is 0 Å². The smallest absolute Gasteiger partial charge is 0.306 e. The maximum absolute atomic E-state index is 12.3. The van der Waals surface area contributed by atoms with E-state index in [0.29, 0.717) is 28.5 Å². The Morgan fingerprint density at radius 2 is 1.71 bits per heavy atom. The molecular weight excluding hydrogens is 337 g/mol. The van der Waals surface area contributed by atoms with Crippen molar-refractivity contribution in [3.63, 3.8) is 0 Å². The summed E-state index contributed by atoms with van der Waals surface area (Å²) >= 11 is 11.7. The van der Waals surface area contributed by atoms with Crippen molar-refractivity contribution in [2.24, 2.45) is 5.92 Å². The standard InChI is InChI=1S/C13H15Cl2NO4S/c14-11-5-9(6-12(15)7-11)8-21(19,20)16-3-1-10(2-4-16)13(17)18/h5-7,10H,1-4,8H2,(H,17,18). The number of benzene rings is 1. The lowest BCUT2D eigenvalue weighted by atomic mass is 9.99. The molecule has 1 heterocycles. The van der Waals surface area contributed by atoms with Crippen molar-refractivity contribution in [1.29, 1.82) is 0 Å². The van der Waals surface area contributed by atoms with Gasteiger partial charge < -0.3 is 5.11 Å². The highest BCUT2D eigenvalue weighted by Crippen LogP contribution is 2.24. The maximum Gasteiger partial charge on any atom is 0.306 e. The average Bonchev–Trinajstić information content (AvgIpc) is 2.37. The zero-order valence-electron chi connectivity index (χ0n) is 11.1. The van der Waals surface area contributed by atoms with E-state index in [9.17, 15) is 13.2 Å². The molecule has 0 saturated carbocycles. The largest absolute Gasteiger partial charge is 0.481 e. The Bertz CT molecular complexity index is 619. The Balaban J connectivity index is 2.07. The number of carboxylic acids is 1. The third-order valence-electron chi connectivity index (χ3n) is 3.47. The van der Waals surface area contributed by atoms with Gasteiger partial charge in [-0.1, -0.05) is 23.2 Å². The predicted molar refractivity (Wildman–Crippen MR) is 81.0 cm³/mol. The van der Waals surface area contributed by atoms with Gasteiger partial charge in [-0.15, -0.1) is 0 Å². The zero-order valence-corrected chi connectivity index (χ0v) is 13.5. The second-order valence-electron chi connectivity index (χ2n) is 5.05. The summed E-state index contributed by atoms with van der Waals surface area (Å²) in [6, 6.07) is 4.67. The van der Waals surface area contributed by atoms with Crippen LogP contribution in [-0.4, -0.2) is 36.9 Å². The summed E-state index contributed by atoms with van der Waals surface area (Å²) in [7, 11) is -3.50. The minimum absolute atomic E-state index is 0.189. The molecule has 0 atom stereocenters. The first-order valence-corrected chi connectivity index (χ1v) is 8.80. The summed E-state index contributed by atoms with van der Waals surface area (Å²) in [6.07, 6.45) is 0.676. The second kappa shape index (κ2) is 6.52. The first kappa shape index (κ1) is 16.5. The van der Waals surface area contributed by atoms with E-state index < -0.39 is 21.9 Å². The van der Waals surface area contributed by atoms with Crippen LogP contribution in [0.2, 0.25) is 10.0 Å². The van der Waals surface area contributed by atoms with Crippen LogP contribution < -0.4 is 0 Å². The van der Waals surface area contributed by atoms with Crippen LogP contribution in [0, 0.1) is 5.92 Å². The molecule has 1 aliphatic rings. The summed E-state index contributed by atoms with van der Waals surface area (Å²) < 4.78 is 26.0. The van der Waals surface area contributed by atoms with Gasteiger partial charge in [0.25, 0.3) is 0 Å². The van der Waals surface area contributed by atoms with Gasteiger partial charge in [-0.3, -0.25) is 4.79 Å². The first-order chi connectivity index (χ1) is 9.78. The van der Waals surface area contributed by atoms with Gasteiger partial charge >= 0.3 is 5.97 Å². The van der Waals surface area contributed by atoms with Gasteiger partial charge in [0.15, 0.2) is 0 Å². The van der Waals surface area contributed by atoms with Crippen LogP contribution in [-0.2, 0) is 20.6 Å². The molecule has 8 heteroatoms. The Morgan fingerprint density at radius 3 is 2.19 bits per heavy atom. The predicted octanol–water partition coefficient (Wildman–Crippen LogP) is 2.62. The number of aliphatic carboxylic acids is 1. The SMILES string of the molecule is O=C(O)C1CCN(S(=O)(=O)Cc2cc(Cl)cc(Cl)c2)CC1. The molecule has 0 radical (unpaired) electrons. The number of piperidine rings is 1. The van der Waals surface area contributed by atoms with Crippen molar-refractivity contribution in [3.05, 3.63) is 33.8 Å². The molecular formula is C13H15Cl2NO4S. The van der Waals surface area contributed by atoms with Gasteiger partial charge in [-0.05, 0) is 36.6 Å². The van der Waals surface area contributed by atoms with Crippen LogP contribution in [0.1, 0.15) is 18.4 Å². The van der Waals surface area contributed by atoms with E-state index in [0.717, 1.165) is 0 Å². The topological polar surface area (TPSA) is 74.7 Å². The second-order valence-corrected chi connectivity index (χ2v) is 7.89. The van der Waals surface area contributed by atoms with E-state index in [1.807, 2.05) is 0 Å².